The molecule has 118 valence electrons. The van der Waals surface area contributed by atoms with Gasteiger partial charge in [-0.1, -0.05) is 24.5 Å². The van der Waals surface area contributed by atoms with Crippen molar-refractivity contribution in [1.82, 2.24) is 5.43 Å². The first-order valence-corrected chi connectivity index (χ1v) is 6.46. The Kier molecular flexibility index (Phi) is 5.88. The Labute approximate surface area is 113 Å². The highest BCUT2D eigenvalue weighted by Crippen LogP contribution is 2.43. The molecular weight excluding hydrogens is 286 g/mol. The number of nitrogens with one attached hydrogen (secondary N) is 1. The molecule has 0 aliphatic heterocycles. The number of rotatable bonds is 3. The van der Waals surface area contributed by atoms with Gasteiger partial charge in [-0.25, -0.2) is 0 Å². The van der Waals surface area contributed by atoms with E-state index >= 15 is 0 Å². The van der Waals surface area contributed by atoms with Crippen LogP contribution in [0.5, 0.6) is 0 Å². The molecule has 1 unspecified atom stereocenters. The van der Waals surface area contributed by atoms with Crippen LogP contribution in [0.2, 0.25) is 0 Å². The second-order valence-electron chi connectivity index (χ2n) is 4.94. The van der Waals surface area contributed by atoms with Crippen molar-refractivity contribution >= 4 is 0 Å². The fraction of sp³-hybridized carbons (Fsp3) is 0.833. The zero-order valence-electron chi connectivity index (χ0n) is 10.8. The lowest BCUT2D eigenvalue weighted by molar-refractivity contribution is -0.289. The number of hydrogen-bond donors (Lipinski definition) is 2. The van der Waals surface area contributed by atoms with Crippen LogP contribution in [0.1, 0.15) is 38.5 Å². The van der Waals surface area contributed by atoms with Gasteiger partial charge < -0.3 is 0 Å². The van der Waals surface area contributed by atoms with E-state index in [-0.39, 0.29) is 12.0 Å². The molecule has 0 aromatic rings. The third-order valence-corrected chi connectivity index (χ3v) is 3.44. The Morgan fingerprint density at radius 1 is 0.950 bits per heavy atom. The third-order valence-electron chi connectivity index (χ3n) is 3.44. The summed E-state index contributed by atoms with van der Waals surface area (Å²) in [5.41, 5.74) is 1.83. The molecule has 20 heavy (non-hydrogen) atoms. The van der Waals surface area contributed by atoms with Gasteiger partial charge in [0.1, 0.15) is 0 Å². The predicted octanol–water partition coefficient (Wildman–Crippen LogP) is 3.84. The van der Waals surface area contributed by atoms with E-state index in [1.54, 1.807) is 5.43 Å². The van der Waals surface area contributed by atoms with Crippen molar-refractivity contribution in [3.05, 3.63) is 11.6 Å². The van der Waals surface area contributed by atoms with Crippen LogP contribution >= 0.6 is 0 Å². The van der Waals surface area contributed by atoms with Crippen LogP contribution < -0.4 is 11.3 Å². The minimum absolute atomic E-state index is 0.104. The molecule has 0 aromatic heterocycles. The van der Waals surface area contributed by atoms with E-state index in [9.17, 15) is 26.3 Å². The van der Waals surface area contributed by atoms with Crippen molar-refractivity contribution in [3.63, 3.8) is 0 Å². The molecule has 0 aromatic carbocycles. The predicted molar refractivity (Wildman–Crippen MR) is 62.5 cm³/mol. The van der Waals surface area contributed by atoms with E-state index in [0.717, 1.165) is 19.3 Å². The van der Waals surface area contributed by atoms with E-state index in [1.165, 1.54) is 6.08 Å². The van der Waals surface area contributed by atoms with Crippen molar-refractivity contribution < 1.29 is 26.3 Å². The molecule has 0 spiro atoms. The summed E-state index contributed by atoms with van der Waals surface area (Å²) >= 11 is 0. The largest absolute Gasteiger partial charge is 0.402 e. The summed E-state index contributed by atoms with van der Waals surface area (Å²) in [6.07, 6.45) is -5.54. The van der Waals surface area contributed by atoms with Gasteiger partial charge in [0.05, 0.1) is 6.04 Å². The zero-order valence-corrected chi connectivity index (χ0v) is 10.8. The molecule has 0 heterocycles. The molecule has 1 aliphatic carbocycles. The molecule has 0 amide bonds. The summed E-state index contributed by atoms with van der Waals surface area (Å²) in [5.74, 6) is 1.52. The second-order valence-corrected chi connectivity index (χ2v) is 4.94. The number of allylic oxidation sites excluding steroid dienone is 1. The minimum atomic E-state index is -5.39. The maximum atomic E-state index is 12.7. The van der Waals surface area contributed by atoms with Gasteiger partial charge in [0, 0.05) is 0 Å². The van der Waals surface area contributed by atoms with Crippen molar-refractivity contribution in [2.24, 2.45) is 11.8 Å². The SMILES string of the molecule is NNC(C1=CCCCCCC1)C(C(F)(F)F)C(F)(F)F. The molecule has 0 radical (unpaired) electrons. The standard InChI is InChI=1S/C12H18F6N2/c13-11(14,15)10(12(16,17)18)9(20-19)8-6-4-2-1-3-5-7-8/h6,9-10,20H,1-5,7,19H2. The van der Waals surface area contributed by atoms with Crippen LogP contribution in [0.3, 0.4) is 0 Å². The molecule has 1 rings (SSSR count). The molecular formula is C12H18F6N2. The quantitative estimate of drug-likeness (QED) is 0.360. The van der Waals surface area contributed by atoms with Gasteiger partial charge in [-0.3, -0.25) is 11.3 Å². The van der Waals surface area contributed by atoms with Crippen LogP contribution in [0.25, 0.3) is 0 Å². The molecule has 0 fully saturated rings. The van der Waals surface area contributed by atoms with Gasteiger partial charge in [-0.15, -0.1) is 0 Å². The Bertz CT molecular complexity index is 320. The molecule has 0 saturated heterocycles. The van der Waals surface area contributed by atoms with Gasteiger partial charge in [0.2, 0.25) is 0 Å². The van der Waals surface area contributed by atoms with E-state index < -0.39 is 24.3 Å². The van der Waals surface area contributed by atoms with Gasteiger partial charge >= 0.3 is 12.4 Å². The summed E-state index contributed by atoms with van der Waals surface area (Å²) in [6.45, 7) is 0. The Hall–Kier alpha value is -0.760. The van der Waals surface area contributed by atoms with Crippen molar-refractivity contribution in [3.8, 4) is 0 Å². The molecule has 1 atom stereocenters. The molecule has 2 nitrogen and oxygen atoms in total. The van der Waals surface area contributed by atoms with E-state index in [4.69, 9.17) is 5.84 Å². The van der Waals surface area contributed by atoms with Crippen LogP contribution in [0.15, 0.2) is 11.6 Å². The summed E-state index contributed by atoms with van der Waals surface area (Å²) in [4.78, 5) is 0. The third kappa shape index (κ3) is 4.66. The summed E-state index contributed by atoms with van der Waals surface area (Å²) in [7, 11) is 0. The van der Waals surface area contributed by atoms with E-state index in [0.29, 0.717) is 12.8 Å². The topological polar surface area (TPSA) is 38.0 Å². The Morgan fingerprint density at radius 3 is 2.00 bits per heavy atom. The molecule has 0 saturated carbocycles. The van der Waals surface area contributed by atoms with E-state index in [2.05, 4.69) is 0 Å². The molecule has 8 heteroatoms. The second kappa shape index (κ2) is 6.80. The first-order chi connectivity index (χ1) is 9.18. The average Bonchev–Trinajstić information content (AvgIpc) is 2.22. The normalized spacial score (nSPS) is 20.3. The van der Waals surface area contributed by atoms with Crippen LogP contribution in [-0.4, -0.2) is 18.4 Å². The number of halogens is 6. The minimum Gasteiger partial charge on any atom is -0.271 e. The van der Waals surface area contributed by atoms with Crippen molar-refractivity contribution in [1.29, 1.82) is 0 Å². The molecule has 0 bridgehead atoms. The van der Waals surface area contributed by atoms with Crippen LogP contribution in [-0.2, 0) is 0 Å². The van der Waals surface area contributed by atoms with Gasteiger partial charge in [0.25, 0.3) is 0 Å². The lowest BCUT2D eigenvalue weighted by atomic mass is 9.87. The number of nitrogens with two attached hydrogens (primary N) is 1. The summed E-state index contributed by atoms with van der Waals surface area (Å²) in [6, 6.07) is -1.95. The van der Waals surface area contributed by atoms with Crippen LogP contribution in [0, 0.1) is 5.92 Å². The summed E-state index contributed by atoms with van der Waals surface area (Å²) in [5, 5.41) is 0. The monoisotopic (exact) mass is 304 g/mol. The molecule has 3 N–H and O–H groups in total. The fourth-order valence-corrected chi connectivity index (χ4v) is 2.48. The van der Waals surface area contributed by atoms with Crippen molar-refractivity contribution in [2.45, 2.75) is 56.9 Å². The lowest BCUT2D eigenvalue weighted by Crippen LogP contribution is -2.54. The smallest absolute Gasteiger partial charge is 0.271 e. The van der Waals surface area contributed by atoms with Crippen LogP contribution in [0.4, 0.5) is 26.3 Å². The average molecular weight is 304 g/mol. The van der Waals surface area contributed by atoms with Gasteiger partial charge in [-0.2, -0.15) is 26.3 Å². The molecule has 1 aliphatic rings. The van der Waals surface area contributed by atoms with Gasteiger partial charge in [0.15, 0.2) is 5.92 Å². The zero-order chi connectivity index (χ0) is 15.4. The first-order valence-electron chi connectivity index (χ1n) is 6.46. The maximum absolute atomic E-state index is 12.7. The number of hydrazine groups is 1. The number of hydrogen-bond acceptors (Lipinski definition) is 2. The highest BCUT2D eigenvalue weighted by Gasteiger charge is 2.60. The van der Waals surface area contributed by atoms with E-state index in [1.807, 2.05) is 0 Å². The fourth-order valence-electron chi connectivity index (χ4n) is 2.48. The highest BCUT2D eigenvalue weighted by molar-refractivity contribution is 5.15. The summed E-state index contributed by atoms with van der Waals surface area (Å²) < 4.78 is 76.5. The Balaban J connectivity index is 3.06. The first kappa shape index (κ1) is 17.3. The maximum Gasteiger partial charge on any atom is 0.402 e. The van der Waals surface area contributed by atoms with Gasteiger partial charge in [-0.05, 0) is 25.7 Å². The van der Waals surface area contributed by atoms with Crippen molar-refractivity contribution in [2.75, 3.05) is 0 Å². The number of alkyl halides is 6. The highest BCUT2D eigenvalue weighted by atomic mass is 19.4. The lowest BCUT2D eigenvalue weighted by Gasteiger charge is -2.32. The Morgan fingerprint density at radius 2 is 1.50 bits per heavy atom.